The van der Waals surface area contributed by atoms with Gasteiger partial charge in [0.1, 0.15) is 28.2 Å². The summed E-state index contributed by atoms with van der Waals surface area (Å²) in [6, 6.07) is 8.98. The number of halogens is 2. The van der Waals surface area contributed by atoms with Crippen LogP contribution in [0.2, 0.25) is 5.02 Å². The monoisotopic (exact) mass is 451 g/mol. The van der Waals surface area contributed by atoms with Gasteiger partial charge in [0.2, 0.25) is 15.7 Å². The van der Waals surface area contributed by atoms with E-state index in [1.807, 2.05) is 6.07 Å². The highest BCUT2D eigenvalue weighted by atomic mass is 35.5. The van der Waals surface area contributed by atoms with Crippen molar-refractivity contribution in [3.05, 3.63) is 64.2 Å². The summed E-state index contributed by atoms with van der Waals surface area (Å²) in [7, 11) is -4.19. The third-order valence-electron chi connectivity index (χ3n) is 4.69. The van der Waals surface area contributed by atoms with Gasteiger partial charge >= 0.3 is 0 Å². The van der Waals surface area contributed by atoms with Crippen molar-refractivity contribution in [2.45, 2.75) is 16.6 Å². The van der Waals surface area contributed by atoms with Crippen molar-refractivity contribution >= 4 is 27.3 Å². The minimum atomic E-state index is -4.19. The van der Waals surface area contributed by atoms with Gasteiger partial charge in [-0.25, -0.2) is 17.7 Å². The second-order valence-corrected chi connectivity index (χ2v) is 8.96. The number of β-amino-alcohol motifs (C(OH)–C–C–N with tert-alkyl or cyclic N) is 1. The van der Waals surface area contributed by atoms with Crippen LogP contribution in [0.1, 0.15) is 5.56 Å². The van der Waals surface area contributed by atoms with E-state index in [-0.39, 0.29) is 33.5 Å². The molecule has 2 N–H and O–H groups in total. The molecule has 0 amide bonds. The van der Waals surface area contributed by atoms with E-state index >= 15 is 0 Å². The lowest BCUT2D eigenvalue weighted by Gasteiger charge is -2.27. The first-order valence-corrected chi connectivity index (χ1v) is 10.3. The van der Waals surface area contributed by atoms with E-state index in [1.165, 1.54) is 30.3 Å². The van der Waals surface area contributed by atoms with Crippen LogP contribution in [-0.2, 0) is 10.0 Å². The molecule has 1 aliphatic heterocycles. The molecule has 0 spiro atoms. The molecule has 8 nitrogen and oxygen atoms in total. The van der Waals surface area contributed by atoms with Crippen LogP contribution in [0.5, 0.6) is 5.75 Å². The third kappa shape index (κ3) is 3.97. The zero-order valence-corrected chi connectivity index (χ0v) is 16.9. The first-order chi connectivity index (χ1) is 14.1. The van der Waals surface area contributed by atoms with Gasteiger partial charge in [-0.15, -0.1) is 0 Å². The lowest BCUT2D eigenvalue weighted by molar-refractivity contribution is -0.0641. The largest absolute Gasteiger partial charge is 0.486 e. The number of aliphatic hydroxyl groups is 2. The van der Waals surface area contributed by atoms with Gasteiger partial charge < -0.3 is 14.9 Å². The lowest BCUT2D eigenvalue weighted by Crippen LogP contribution is -2.48. The highest BCUT2D eigenvalue weighted by Gasteiger charge is 2.51. The van der Waals surface area contributed by atoms with Crippen molar-refractivity contribution in [1.82, 2.24) is 4.31 Å². The predicted molar refractivity (Wildman–Crippen MR) is 104 cm³/mol. The van der Waals surface area contributed by atoms with Crippen molar-refractivity contribution < 1.29 is 27.8 Å². The Hall–Kier alpha value is -2.73. The van der Waals surface area contributed by atoms with Crippen molar-refractivity contribution in [3.63, 3.8) is 0 Å². The number of hydrogen-bond acceptors (Lipinski definition) is 6. The fraction of sp³-hybridized carbons (Fsp3) is 0.263. The molecular formula is C19H15ClFN3O5S. The van der Waals surface area contributed by atoms with Crippen LogP contribution >= 0.6 is 11.6 Å². The number of ether oxygens (including phenoxy) is 1. The molecule has 1 aliphatic rings. The van der Waals surface area contributed by atoms with E-state index in [0.717, 1.165) is 10.4 Å². The van der Waals surface area contributed by atoms with Crippen LogP contribution in [0.15, 0.2) is 41.3 Å². The molecule has 0 unspecified atom stereocenters. The standard InChI is InChI=1S/C19H15ClFN3O5S/c1-23-16-4-3-13(7-15(16)21)29-18-9-24(10-19(18,26)11-25)30(27,28)17-5-2-12(8-22)6-14(17)20/h2-7,18,25-26H,9-11H2/t18-,19+/m0/s1. The normalized spacial score (nSPS) is 21.7. The van der Waals surface area contributed by atoms with Gasteiger partial charge in [-0.05, 0) is 30.3 Å². The maximum absolute atomic E-state index is 13.8. The highest BCUT2D eigenvalue weighted by Crippen LogP contribution is 2.34. The first kappa shape index (κ1) is 22.0. The Morgan fingerprint density at radius 2 is 2.13 bits per heavy atom. The molecule has 1 heterocycles. The molecule has 11 heteroatoms. The fourth-order valence-electron chi connectivity index (χ4n) is 3.04. The van der Waals surface area contributed by atoms with E-state index in [0.29, 0.717) is 0 Å². The summed E-state index contributed by atoms with van der Waals surface area (Å²) < 4.78 is 46.3. The number of benzene rings is 2. The highest BCUT2D eigenvalue weighted by molar-refractivity contribution is 7.89. The Morgan fingerprint density at radius 1 is 1.40 bits per heavy atom. The lowest BCUT2D eigenvalue weighted by atomic mass is 10.0. The Balaban J connectivity index is 1.90. The number of aliphatic hydroxyl groups excluding tert-OH is 1. The summed E-state index contributed by atoms with van der Waals surface area (Å²) in [5, 5.41) is 29.1. The number of nitriles is 1. The molecule has 2 aromatic rings. The minimum absolute atomic E-state index is 0.0348. The average Bonchev–Trinajstić information content (AvgIpc) is 3.05. The van der Waals surface area contributed by atoms with E-state index in [4.69, 9.17) is 28.2 Å². The van der Waals surface area contributed by atoms with Crippen LogP contribution in [0.4, 0.5) is 10.1 Å². The molecule has 156 valence electrons. The van der Waals surface area contributed by atoms with E-state index < -0.39 is 40.7 Å². The molecule has 0 radical (unpaired) electrons. The summed E-state index contributed by atoms with van der Waals surface area (Å²) in [5.74, 6) is -0.866. The maximum Gasteiger partial charge on any atom is 0.244 e. The van der Waals surface area contributed by atoms with Gasteiger partial charge in [-0.3, -0.25) is 0 Å². The van der Waals surface area contributed by atoms with Crippen molar-refractivity contribution in [2.24, 2.45) is 0 Å². The fourth-order valence-corrected chi connectivity index (χ4v) is 5.06. The Labute approximate surface area is 177 Å². The molecule has 3 rings (SSSR count). The number of sulfonamides is 1. The van der Waals surface area contributed by atoms with Crippen LogP contribution < -0.4 is 4.74 Å². The zero-order valence-electron chi connectivity index (χ0n) is 15.3. The first-order valence-electron chi connectivity index (χ1n) is 8.51. The zero-order chi connectivity index (χ0) is 22.1. The van der Waals surface area contributed by atoms with Gasteiger partial charge in [0.05, 0.1) is 36.4 Å². The average molecular weight is 452 g/mol. The Bertz CT molecular complexity index is 1180. The molecule has 1 fully saturated rings. The number of hydrogen-bond donors (Lipinski definition) is 2. The Morgan fingerprint density at radius 3 is 2.70 bits per heavy atom. The molecule has 0 bridgehead atoms. The van der Waals surface area contributed by atoms with Crippen molar-refractivity contribution in [3.8, 4) is 11.8 Å². The molecular weight excluding hydrogens is 437 g/mol. The predicted octanol–water partition coefficient (Wildman–Crippen LogP) is 2.08. The quantitative estimate of drug-likeness (QED) is 0.672. The van der Waals surface area contributed by atoms with Crippen molar-refractivity contribution in [1.29, 1.82) is 5.26 Å². The van der Waals surface area contributed by atoms with Gasteiger partial charge in [0, 0.05) is 12.6 Å². The second kappa shape index (κ2) is 8.19. The summed E-state index contributed by atoms with van der Waals surface area (Å²) in [6.45, 7) is 5.21. The molecule has 30 heavy (non-hydrogen) atoms. The summed E-state index contributed by atoms with van der Waals surface area (Å²) in [4.78, 5) is 2.73. The van der Waals surface area contributed by atoms with E-state index in [2.05, 4.69) is 4.85 Å². The van der Waals surface area contributed by atoms with E-state index in [1.54, 1.807) is 0 Å². The maximum atomic E-state index is 13.8. The smallest absolute Gasteiger partial charge is 0.244 e. The summed E-state index contributed by atoms with van der Waals surface area (Å²) in [5.41, 5.74) is -2.00. The summed E-state index contributed by atoms with van der Waals surface area (Å²) in [6.07, 6.45) is -1.22. The van der Waals surface area contributed by atoms with Crippen LogP contribution in [-0.4, -0.2) is 54.3 Å². The Kier molecular flexibility index (Phi) is 5.99. The molecule has 0 saturated carbocycles. The SMILES string of the molecule is [C-]#[N+]c1ccc(O[C@H]2CN(S(=O)(=O)c3ccc(C#N)cc3Cl)C[C@@]2(O)CO)cc1F. The molecule has 1 saturated heterocycles. The van der Waals surface area contributed by atoms with Gasteiger partial charge in [0.25, 0.3) is 0 Å². The molecule has 0 aliphatic carbocycles. The van der Waals surface area contributed by atoms with E-state index in [9.17, 15) is 23.0 Å². The minimum Gasteiger partial charge on any atom is -0.486 e. The van der Waals surface area contributed by atoms with Crippen LogP contribution in [0, 0.1) is 23.7 Å². The topological polar surface area (TPSA) is 115 Å². The third-order valence-corrected chi connectivity index (χ3v) is 6.98. The molecule has 2 aromatic carbocycles. The van der Waals surface area contributed by atoms with Crippen molar-refractivity contribution in [2.75, 3.05) is 19.7 Å². The van der Waals surface area contributed by atoms with Gasteiger partial charge in [-0.2, -0.15) is 9.57 Å². The summed E-state index contributed by atoms with van der Waals surface area (Å²) >= 11 is 6.02. The number of rotatable bonds is 5. The molecule has 2 atom stereocenters. The second-order valence-electron chi connectivity index (χ2n) is 6.65. The van der Waals surface area contributed by atoms with Crippen LogP contribution in [0.3, 0.4) is 0 Å². The molecule has 0 aromatic heterocycles. The van der Waals surface area contributed by atoms with Crippen LogP contribution in [0.25, 0.3) is 4.85 Å². The van der Waals surface area contributed by atoms with Gasteiger partial charge in [-0.1, -0.05) is 11.6 Å². The van der Waals surface area contributed by atoms with Gasteiger partial charge in [0.15, 0.2) is 0 Å². The number of nitrogens with zero attached hydrogens (tertiary/aromatic N) is 3.